The van der Waals surface area contributed by atoms with Crippen LogP contribution in [0.25, 0.3) is 0 Å². The van der Waals surface area contributed by atoms with E-state index in [0.29, 0.717) is 32.2 Å². The number of likely N-dealkylation sites (N-methyl/N-ethyl adjacent to an activating group) is 2. The van der Waals surface area contributed by atoms with Crippen molar-refractivity contribution in [3.8, 4) is 0 Å². The topological polar surface area (TPSA) is 135 Å². The Morgan fingerprint density at radius 2 is 1.48 bits per heavy atom. The maximum atomic E-state index is 12.1. The fraction of sp³-hybridized carbons (Fsp3) is 1.00. The molecule has 1 aliphatic rings. The average molecular weight is 679 g/mol. The Kier molecular flexibility index (Phi) is 16.4. The predicted octanol–water partition coefficient (Wildman–Crippen LogP) is 4.21. The van der Waals surface area contributed by atoms with Gasteiger partial charge in [0.25, 0.3) is 0 Å². The Hall–Kier alpha value is -0.183. The number of nitrogens with zero attached hydrogens (tertiary/aromatic N) is 2. The van der Waals surface area contributed by atoms with Crippen molar-refractivity contribution >= 4 is 8.32 Å². The average Bonchev–Trinajstić information content (AvgIpc) is 2.92. The van der Waals surface area contributed by atoms with E-state index in [0.717, 1.165) is 0 Å². The number of hydrogen-bond acceptors (Lipinski definition) is 10. The summed E-state index contributed by atoms with van der Waals surface area (Å²) in [5.74, 6) is -0.456. The van der Waals surface area contributed by atoms with Crippen LogP contribution in [0.4, 0.5) is 0 Å². The summed E-state index contributed by atoms with van der Waals surface area (Å²) in [6.45, 7) is 26.4. The zero-order valence-electron chi connectivity index (χ0n) is 32.2. The van der Waals surface area contributed by atoms with Crippen LogP contribution in [0.5, 0.6) is 0 Å². The van der Waals surface area contributed by atoms with Gasteiger partial charge < -0.3 is 49.2 Å². The normalized spacial score (nSPS) is 29.0. The van der Waals surface area contributed by atoms with Crippen LogP contribution >= 0.6 is 0 Å². The third-order valence-corrected chi connectivity index (χ3v) is 15.5. The second kappa shape index (κ2) is 17.2. The summed E-state index contributed by atoms with van der Waals surface area (Å²) in [4.78, 5) is 4.10. The summed E-state index contributed by atoms with van der Waals surface area (Å²) in [6.07, 6.45) is -3.21. The lowest BCUT2D eigenvalue weighted by atomic mass is 9.79. The Morgan fingerprint density at radius 3 is 1.93 bits per heavy atom. The molecule has 0 aromatic rings. The van der Waals surface area contributed by atoms with Gasteiger partial charge >= 0.3 is 0 Å². The standard InChI is InChI=1S/C35H74N2O8Si/c1-17-27(38)24(5)30(44-32-29(40)26(36(12)13)19-23(4)43-32)34(10,41)20-22(3)21-37(14)25(6)31(35(11,42)28(39)18-2)45-46(15,16)33(7,8)9/h22-32,38-42H,17-21H2,1-16H3/t22-,23-,24+,25-,26+,27-,28-,29-,30-,31-,32?,34-,35-/m1/s1. The van der Waals surface area contributed by atoms with E-state index in [2.05, 4.69) is 45.7 Å². The van der Waals surface area contributed by atoms with Crippen molar-refractivity contribution in [2.24, 2.45) is 11.8 Å². The van der Waals surface area contributed by atoms with Gasteiger partial charge in [-0.3, -0.25) is 0 Å². The number of ether oxygens (including phenoxy) is 2. The fourth-order valence-corrected chi connectivity index (χ4v) is 8.21. The molecule has 1 fully saturated rings. The maximum absolute atomic E-state index is 12.1. The van der Waals surface area contributed by atoms with Crippen LogP contribution in [0.3, 0.4) is 0 Å². The van der Waals surface area contributed by atoms with Crippen LogP contribution in [0.15, 0.2) is 0 Å². The highest BCUT2D eigenvalue weighted by molar-refractivity contribution is 6.74. The summed E-state index contributed by atoms with van der Waals surface area (Å²) in [7, 11) is 3.50. The quantitative estimate of drug-likeness (QED) is 0.134. The van der Waals surface area contributed by atoms with Crippen molar-refractivity contribution in [1.29, 1.82) is 0 Å². The lowest BCUT2D eigenvalue weighted by Gasteiger charge is -2.49. The van der Waals surface area contributed by atoms with Crippen molar-refractivity contribution in [3.63, 3.8) is 0 Å². The fourth-order valence-electron chi connectivity index (χ4n) is 6.79. The number of rotatable bonds is 18. The van der Waals surface area contributed by atoms with Gasteiger partial charge in [-0.25, -0.2) is 0 Å². The number of aliphatic hydroxyl groups excluding tert-OH is 3. The van der Waals surface area contributed by atoms with Crippen LogP contribution in [0.1, 0.15) is 102 Å². The number of hydrogen-bond donors (Lipinski definition) is 5. The van der Waals surface area contributed by atoms with Crippen molar-refractivity contribution in [2.75, 3.05) is 27.7 Å². The molecule has 1 aliphatic heterocycles. The molecular formula is C35H74N2O8Si. The summed E-state index contributed by atoms with van der Waals surface area (Å²) in [5.41, 5.74) is -2.84. The molecule has 0 saturated carbocycles. The van der Waals surface area contributed by atoms with Gasteiger partial charge in [0.2, 0.25) is 0 Å². The minimum Gasteiger partial charge on any atom is -0.409 e. The van der Waals surface area contributed by atoms with E-state index in [1.54, 1.807) is 13.8 Å². The third-order valence-electron chi connectivity index (χ3n) is 11.0. The molecule has 0 amide bonds. The number of aliphatic hydroxyl groups is 5. The van der Waals surface area contributed by atoms with Crippen LogP contribution in [-0.4, -0.2) is 138 Å². The van der Waals surface area contributed by atoms with E-state index in [4.69, 9.17) is 13.9 Å². The molecule has 5 N–H and O–H groups in total. The van der Waals surface area contributed by atoms with Crippen LogP contribution in [0.2, 0.25) is 18.1 Å². The van der Waals surface area contributed by atoms with Gasteiger partial charge in [-0.1, -0.05) is 48.5 Å². The second-order valence-corrected chi connectivity index (χ2v) is 21.5. The minimum absolute atomic E-state index is 0.0280. The van der Waals surface area contributed by atoms with Crippen LogP contribution < -0.4 is 0 Å². The molecule has 1 rings (SSSR count). The first-order valence-electron chi connectivity index (χ1n) is 17.6. The molecule has 276 valence electrons. The van der Waals surface area contributed by atoms with Gasteiger partial charge in [0.05, 0.1) is 36.1 Å². The summed E-state index contributed by atoms with van der Waals surface area (Å²) < 4.78 is 19.4. The largest absolute Gasteiger partial charge is 0.409 e. The van der Waals surface area contributed by atoms with Gasteiger partial charge in [-0.15, -0.1) is 0 Å². The summed E-state index contributed by atoms with van der Waals surface area (Å²) >= 11 is 0. The Bertz CT molecular complexity index is 898. The monoisotopic (exact) mass is 679 g/mol. The molecule has 0 aromatic heterocycles. The molecule has 0 aliphatic carbocycles. The third kappa shape index (κ3) is 11.2. The Labute approximate surface area is 282 Å². The highest BCUT2D eigenvalue weighted by Crippen LogP contribution is 2.40. The van der Waals surface area contributed by atoms with Gasteiger partial charge in [-0.05, 0) is 98.6 Å². The molecule has 1 unspecified atom stereocenters. The molecule has 0 aromatic carbocycles. The lowest BCUT2D eigenvalue weighted by Crippen LogP contribution is -2.62. The SMILES string of the molecule is CC[C@@H](O)[C@H](C)[C@@H](OC1O[C@H](C)C[C@H](N(C)C)[C@H]1O)[C@](C)(O)C[C@@H](C)CN(C)[C@H](C)[C@@H](O[Si](C)(C)C(C)(C)C)[C@](C)(O)[C@H](O)CC. The Morgan fingerprint density at radius 1 is 0.935 bits per heavy atom. The van der Waals surface area contributed by atoms with E-state index in [1.165, 1.54) is 0 Å². The van der Waals surface area contributed by atoms with Gasteiger partial charge in [0.15, 0.2) is 14.6 Å². The molecule has 46 heavy (non-hydrogen) atoms. The van der Waals surface area contributed by atoms with E-state index in [1.807, 2.05) is 60.7 Å². The second-order valence-electron chi connectivity index (χ2n) is 16.8. The highest BCUT2D eigenvalue weighted by atomic mass is 28.4. The zero-order chi connectivity index (χ0) is 36.2. The van der Waals surface area contributed by atoms with E-state index < -0.39 is 62.2 Å². The first kappa shape index (κ1) is 43.8. The van der Waals surface area contributed by atoms with E-state index >= 15 is 0 Å². The molecule has 0 radical (unpaired) electrons. The smallest absolute Gasteiger partial charge is 0.192 e. The Balaban J connectivity index is 3.28. The van der Waals surface area contributed by atoms with Gasteiger partial charge in [-0.2, -0.15) is 0 Å². The van der Waals surface area contributed by atoms with E-state index in [-0.39, 0.29) is 29.1 Å². The minimum atomic E-state index is -2.32. The van der Waals surface area contributed by atoms with Crippen molar-refractivity contribution in [1.82, 2.24) is 9.80 Å². The molecule has 1 heterocycles. The van der Waals surface area contributed by atoms with Gasteiger partial charge in [0, 0.05) is 24.5 Å². The first-order valence-corrected chi connectivity index (χ1v) is 20.5. The highest BCUT2D eigenvalue weighted by Gasteiger charge is 2.50. The van der Waals surface area contributed by atoms with Crippen molar-refractivity contribution in [2.45, 2.75) is 186 Å². The van der Waals surface area contributed by atoms with Crippen LogP contribution in [-0.2, 0) is 13.9 Å². The molecule has 0 spiro atoms. The zero-order valence-corrected chi connectivity index (χ0v) is 33.2. The van der Waals surface area contributed by atoms with Crippen molar-refractivity contribution in [3.05, 3.63) is 0 Å². The molecular weight excluding hydrogens is 604 g/mol. The molecule has 11 heteroatoms. The summed E-state index contributed by atoms with van der Waals surface area (Å²) in [6, 6.07) is -0.411. The molecule has 1 saturated heterocycles. The lowest BCUT2D eigenvalue weighted by molar-refractivity contribution is -0.298. The predicted molar refractivity (Wildman–Crippen MR) is 188 cm³/mol. The molecule has 13 atom stereocenters. The molecule has 10 nitrogen and oxygen atoms in total. The van der Waals surface area contributed by atoms with Crippen LogP contribution in [0, 0.1) is 11.8 Å². The molecule has 0 bridgehead atoms. The van der Waals surface area contributed by atoms with Gasteiger partial charge in [0.1, 0.15) is 11.7 Å². The van der Waals surface area contributed by atoms with Crippen molar-refractivity contribution < 1.29 is 39.4 Å². The first-order chi connectivity index (χ1) is 20.7. The summed E-state index contributed by atoms with van der Waals surface area (Å²) in [5, 5.41) is 56.6. The van der Waals surface area contributed by atoms with E-state index in [9.17, 15) is 25.5 Å². The maximum Gasteiger partial charge on any atom is 0.192 e.